The predicted octanol–water partition coefficient (Wildman–Crippen LogP) is 0.469. The number of carbonyl (C=O) groups is 1. The molecule has 1 aromatic rings. The lowest BCUT2D eigenvalue weighted by Gasteiger charge is -2.16. The fourth-order valence-corrected chi connectivity index (χ4v) is 2.36. The molecule has 16 heavy (non-hydrogen) atoms. The van der Waals surface area contributed by atoms with Crippen LogP contribution in [0, 0.1) is 3.57 Å². The molecular formula is C11H12INO3. The Labute approximate surface area is 107 Å². The summed E-state index contributed by atoms with van der Waals surface area (Å²) in [5.74, 6) is -0.138. The number of halogens is 1. The summed E-state index contributed by atoms with van der Waals surface area (Å²) in [5, 5.41) is 18.8. The second-order valence-electron chi connectivity index (χ2n) is 3.82. The molecule has 1 fully saturated rings. The van der Waals surface area contributed by atoms with Crippen LogP contribution in [-0.4, -0.2) is 46.3 Å². The molecule has 0 aliphatic carbocycles. The first-order valence-electron chi connectivity index (χ1n) is 4.99. The molecule has 1 aliphatic rings. The quantitative estimate of drug-likeness (QED) is 0.735. The van der Waals surface area contributed by atoms with Crippen LogP contribution < -0.4 is 0 Å². The molecule has 5 heteroatoms. The normalized spacial score (nSPS) is 24.8. The largest absolute Gasteiger partial charge is 0.388 e. The Morgan fingerprint density at radius 1 is 1.25 bits per heavy atom. The Balaban J connectivity index is 2.18. The van der Waals surface area contributed by atoms with Crippen molar-refractivity contribution in [3.05, 3.63) is 33.4 Å². The van der Waals surface area contributed by atoms with Crippen LogP contribution in [0.1, 0.15) is 10.4 Å². The summed E-state index contributed by atoms with van der Waals surface area (Å²) >= 11 is 2.10. The zero-order valence-electron chi connectivity index (χ0n) is 8.51. The predicted molar refractivity (Wildman–Crippen MR) is 67.1 cm³/mol. The van der Waals surface area contributed by atoms with Crippen molar-refractivity contribution in [1.29, 1.82) is 0 Å². The molecule has 0 bridgehead atoms. The summed E-state index contributed by atoms with van der Waals surface area (Å²) in [4.78, 5) is 13.5. The van der Waals surface area contributed by atoms with Gasteiger partial charge in [0.05, 0.1) is 17.8 Å². The molecule has 1 aliphatic heterocycles. The molecule has 86 valence electrons. The molecular weight excluding hydrogens is 321 g/mol. The zero-order valence-corrected chi connectivity index (χ0v) is 10.7. The number of hydrogen-bond donors (Lipinski definition) is 2. The highest BCUT2D eigenvalue weighted by molar-refractivity contribution is 14.1. The third-order valence-electron chi connectivity index (χ3n) is 2.65. The lowest BCUT2D eigenvalue weighted by atomic mass is 10.2. The van der Waals surface area contributed by atoms with Crippen LogP contribution >= 0.6 is 22.6 Å². The van der Waals surface area contributed by atoms with E-state index in [1.54, 1.807) is 12.1 Å². The van der Waals surface area contributed by atoms with Crippen LogP contribution in [-0.2, 0) is 0 Å². The minimum atomic E-state index is -0.828. The SMILES string of the molecule is O=C(c1ccccc1I)N1CC(O)C(O)C1. The fourth-order valence-electron chi connectivity index (χ4n) is 1.74. The van der Waals surface area contributed by atoms with E-state index in [1.165, 1.54) is 4.90 Å². The van der Waals surface area contributed by atoms with Crippen molar-refractivity contribution in [3.63, 3.8) is 0 Å². The Morgan fingerprint density at radius 2 is 1.81 bits per heavy atom. The van der Waals surface area contributed by atoms with Crippen molar-refractivity contribution in [1.82, 2.24) is 4.90 Å². The molecule has 1 saturated heterocycles. The molecule has 2 atom stereocenters. The molecule has 0 saturated carbocycles. The van der Waals surface area contributed by atoms with Gasteiger partial charge in [0.2, 0.25) is 0 Å². The summed E-state index contributed by atoms with van der Waals surface area (Å²) in [7, 11) is 0. The van der Waals surface area contributed by atoms with Gasteiger partial charge in [-0.2, -0.15) is 0 Å². The van der Waals surface area contributed by atoms with Gasteiger partial charge < -0.3 is 15.1 Å². The van der Waals surface area contributed by atoms with Gasteiger partial charge in [0, 0.05) is 16.7 Å². The van der Waals surface area contributed by atoms with Crippen molar-refractivity contribution >= 4 is 28.5 Å². The number of likely N-dealkylation sites (tertiary alicyclic amines) is 1. The molecule has 0 aromatic heterocycles. The first-order valence-corrected chi connectivity index (χ1v) is 6.07. The number of hydrogen-bond acceptors (Lipinski definition) is 3. The van der Waals surface area contributed by atoms with Gasteiger partial charge >= 0.3 is 0 Å². The third kappa shape index (κ3) is 2.21. The highest BCUT2D eigenvalue weighted by Gasteiger charge is 2.33. The van der Waals surface area contributed by atoms with E-state index >= 15 is 0 Å². The third-order valence-corrected chi connectivity index (χ3v) is 3.59. The van der Waals surface area contributed by atoms with Gasteiger partial charge in [-0.3, -0.25) is 4.79 Å². The van der Waals surface area contributed by atoms with E-state index in [4.69, 9.17) is 0 Å². The van der Waals surface area contributed by atoms with Gasteiger partial charge in [0.25, 0.3) is 5.91 Å². The molecule has 2 unspecified atom stereocenters. The highest BCUT2D eigenvalue weighted by Crippen LogP contribution is 2.18. The Morgan fingerprint density at radius 3 is 2.38 bits per heavy atom. The van der Waals surface area contributed by atoms with Gasteiger partial charge in [-0.15, -0.1) is 0 Å². The van der Waals surface area contributed by atoms with Gasteiger partial charge in [-0.25, -0.2) is 0 Å². The number of benzene rings is 1. The number of aliphatic hydroxyl groups is 2. The van der Waals surface area contributed by atoms with Crippen LogP contribution in [0.4, 0.5) is 0 Å². The minimum Gasteiger partial charge on any atom is -0.388 e. The van der Waals surface area contributed by atoms with E-state index in [-0.39, 0.29) is 19.0 Å². The molecule has 1 amide bonds. The van der Waals surface area contributed by atoms with E-state index < -0.39 is 12.2 Å². The maximum atomic E-state index is 12.1. The average molecular weight is 333 g/mol. The van der Waals surface area contributed by atoms with Crippen LogP contribution in [0.15, 0.2) is 24.3 Å². The van der Waals surface area contributed by atoms with E-state index in [2.05, 4.69) is 22.6 Å². The number of carbonyl (C=O) groups excluding carboxylic acids is 1. The van der Waals surface area contributed by atoms with E-state index in [0.29, 0.717) is 5.56 Å². The monoisotopic (exact) mass is 333 g/mol. The highest BCUT2D eigenvalue weighted by atomic mass is 127. The lowest BCUT2D eigenvalue weighted by molar-refractivity contribution is 0.0572. The fraction of sp³-hybridized carbons (Fsp3) is 0.364. The lowest BCUT2D eigenvalue weighted by Crippen LogP contribution is -2.30. The molecule has 1 heterocycles. The summed E-state index contributed by atoms with van der Waals surface area (Å²) in [6.07, 6.45) is -1.66. The smallest absolute Gasteiger partial charge is 0.255 e. The van der Waals surface area contributed by atoms with Gasteiger partial charge in [0.15, 0.2) is 0 Å². The summed E-state index contributed by atoms with van der Waals surface area (Å²) in [5.41, 5.74) is 0.615. The molecule has 1 aromatic carbocycles. The van der Waals surface area contributed by atoms with Crippen molar-refractivity contribution in [3.8, 4) is 0 Å². The van der Waals surface area contributed by atoms with Crippen molar-refractivity contribution in [2.45, 2.75) is 12.2 Å². The van der Waals surface area contributed by atoms with Crippen LogP contribution in [0.3, 0.4) is 0 Å². The first-order chi connectivity index (χ1) is 7.59. The van der Waals surface area contributed by atoms with E-state index in [9.17, 15) is 15.0 Å². The van der Waals surface area contributed by atoms with Gasteiger partial charge in [-0.05, 0) is 34.7 Å². The van der Waals surface area contributed by atoms with Gasteiger partial charge in [-0.1, -0.05) is 12.1 Å². The van der Waals surface area contributed by atoms with E-state index in [1.807, 2.05) is 12.1 Å². The number of amides is 1. The zero-order chi connectivity index (χ0) is 11.7. The maximum Gasteiger partial charge on any atom is 0.255 e. The molecule has 2 N–H and O–H groups in total. The number of nitrogens with zero attached hydrogens (tertiary/aromatic N) is 1. The minimum absolute atomic E-state index is 0.138. The molecule has 2 rings (SSSR count). The molecule has 0 radical (unpaired) electrons. The van der Waals surface area contributed by atoms with Crippen molar-refractivity contribution in [2.24, 2.45) is 0 Å². The van der Waals surface area contributed by atoms with Crippen molar-refractivity contribution < 1.29 is 15.0 Å². The van der Waals surface area contributed by atoms with Crippen LogP contribution in [0.2, 0.25) is 0 Å². The Hall–Kier alpha value is -0.660. The summed E-state index contributed by atoms with van der Waals surface area (Å²) in [6, 6.07) is 7.28. The van der Waals surface area contributed by atoms with Gasteiger partial charge in [0.1, 0.15) is 0 Å². The maximum absolute atomic E-state index is 12.1. The Bertz CT molecular complexity index is 400. The second kappa shape index (κ2) is 4.68. The topological polar surface area (TPSA) is 60.8 Å². The number of β-amino-alcohol motifs (C(OH)–C–C–N with tert-alkyl or cyclic N) is 2. The summed E-state index contributed by atoms with van der Waals surface area (Å²) < 4.78 is 0.876. The first kappa shape index (κ1) is 11.8. The second-order valence-corrected chi connectivity index (χ2v) is 4.99. The number of aliphatic hydroxyl groups excluding tert-OH is 2. The van der Waals surface area contributed by atoms with E-state index in [0.717, 1.165) is 3.57 Å². The van der Waals surface area contributed by atoms with Crippen LogP contribution in [0.5, 0.6) is 0 Å². The van der Waals surface area contributed by atoms with Crippen LogP contribution in [0.25, 0.3) is 0 Å². The number of rotatable bonds is 1. The average Bonchev–Trinajstić information content (AvgIpc) is 2.59. The molecule has 0 spiro atoms. The van der Waals surface area contributed by atoms with Crippen molar-refractivity contribution in [2.75, 3.05) is 13.1 Å². The summed E-state index contributed by atoms with van der Waals surface area (Å²) in [6.45, 7) is 0.399. The Kier molecular flexibility index (Phi) is 3.46. The standard InChI is InChI=1S/C11H12INO3/c12-8-4-2-1-3-7(8)11(16)13-5-9(14)10(15)6-13/h1-4,9-10,14-15H,5-6H2. The molecule has 4 nitrogen and oxygen atoms in total.